The minimum atomic E-state index is -4.25. The number of carbonyl (C=O) groups is 2. The van der Waals surface area contributed by atoms with Crippen LogP contribution in [-0.4, -0.2) is 73.5 Å². The zero-order valence-corrected chi connectivity index (χ0v) is 28.3. The van der Waals surface area contributed by atoms with Gasteiger partial charge >= 0.3 is 6.03 Å². The maximum atomic E-state index is 14.0. The zero-order valence-electron chi connectivity index (χ0n) is 27.5. The number of amides is 3. The number of anilines is 3. The number of hydrogen-bond acceptors (Lipinski definition) is 8. The highest BCUT2D eigenvalue weighted by atomic mass is 32.2. The quantitative estimate of drug-likeness (QED) is 0.465. The van der Waals surface area contributed by atoms with Gasteiger partial charge in [0.15, 0.2) is 5.03 Å². The monoisotopic (exact) mass is 661 g/mol. The van der Waals surface area contributed by atoms with Crippen LogP contribution in [0.2, 0.25) is 0 Å². The molecule has 12 heteroatoms. The molecule has 0 spiro atoms. The first-order chi connectivity index (χ1) is 22.5. The van der Waals surface area contributed by atoms with Crippen molar-refractivity contribution < 1.29 is 18.0 Å². The van der Waals surface area contributed by atoms with E-state index in [1.807, 2.05) is 4.90 Å². The van der Waals surface area contributed by atoms with Crippen molar-refractivity contribution in [3.05, 3.63) is 35.9 Å². The van der Waals surface area contributed by atoms with Crippen LogP contribution >= 0.6 is 0 Å². The second-order valence-electron chi connectivity index (χ2n) is 15.7. The molecule has 2 N–H and O–H groups in total. The number of sulfonamides is 1. The normalized spacial score (nSPS) is 32.7. The summed E-state index contributed by atoms with van der Waals surface area (Å²) in [6.45, 7) is 7.66. The van der Waals surface area contributed by atoms with Crippen molar-refractivity contribution in [1.82, 2.24) is 19.6 Å². The SMILES string of the molecule is CC1(C)C[C@@H]2CCCNc3cccc(n3)S(=O)(=O)NC(=O)c3ccc(N4CCN(CC5CC6CC7CCC5C(C7)C6)C4=O)nc3N1C2. The largest absolute Gasteiger partial charge is 0.370 e. The number of rotatable bonds is 3. The molecule has 3 saturated carbocycles. The average molecular weight is 662 g/mol. The molecule has 3 amide bonds. The Hall–Kier alpha value is -3.41. The topological polar surface area (TPSA) is 128 Å². The van der Waals surface area contributed by atoms with Gasteiger partial charge in [0.25, 0.3) is 15.9 Å². The standard InChI is InChI=1S/C35H47N7O4S/c1-35(2)19-23-5-4-12-36-29-6-3-7-31(37-29)47(45,46)39-33(43)28-10-11-30(38-32(28)42(35)20-23)41-14-13-40(34(41)44)21-26-18-24-15-22-8-9-27(26)25(16-22)17-24/h3,6-7,10-11,22-27H,4-5,8-9,12-21H2,1-2H3,(H,36,37)(H,39,43)/t22?,23-,24?,25?,26?,27?/m0/s1. The smallest absolute Gasteiger partial charge is 0.325 e. The third kappa shape index (κ3) is 5.74. The molecule has 11 nitrogen and oxygen atoms in total. The number of nitrogens with zero attached hydrogens (tertiary/aromatic N) is 5. The number of urea groups is 1. The van der Waals surface area contributed by atoms with Gasteiger partial charge in [0.05, 0.1) is 5.56 Å². The van der Waals surface area contributed by atoms with E-state index >= 15 is 0 Å². The predicted molar refractivity (Wildman–Crippen MR) is 180 cm³/mol. The molecule has 0 aromatic carbocycles. The van der Waals surface area contributed by atoms with Crippen molar-refractivity contribution >= 4 is 39.4 Å². The van der Waals surface area contributed by atoms with E-state index in [-0.39, 0.29) is 22.2 Å². The summed E-state index contributed by atoms with van der Waals surface area (Å²) in [5, 5.41) is 3.01. The van der Waals surface area contributed by atoms with E-state index in [1.54, 1.807) is 29.2 Å². The van der Waals surface area contributed by atoms with Crippen LogP contribution in [0.5, 0.6) is 0 Å². The van der Waals surface area contributed by atoms with Crippen LogP contribution in [-0.2, 0) is 10.0 Å². The minimum absolute atomic E-state index is 0.0249. The Kier molecular flexibility index (Phi) is 7.64. The predicted octanol–water partition coefficient (Wildman–Crippen LogP) is 5.11. The number of pyridine rings is 2. The molecule has 5 unspecified atom stereocenters. The van der Waals surface area contributed by atoms with Crippen molar-refractivity contribution in [2.75, 3.05) is 47.8 Å². The van der Waals surface area contributed by atoms with E-state index in [0.717, 1.165) is 49.5 Å². The summed E-state index contributed by atoms with van der Waals surface area (Å²) >= 11 is 0. The first kappa shape index (κ1) is 30.9. The molecule has 3 aliphatic carbocycles. The first-order valence-electron chi connectivity index (χ1n) is 17.7. The summed E-state index contributed by atoms with van der Waals surface area (Å²) in [4.78, 5) is 42.9. The molecule has 47 heavy (non-hydrogen) atoms. The second kappa shape index (κ2) is 11.6. The van der Waals surface area contributed by atoms with Crippen molar-refractivity contribution in [1.29, 1.82) is 0 Å². The highest BCUT2D eigenvalue weighted by Crippen LogP contribution is 2.54. The Balaban J connectivity index is 1.08. The zero-order chi connectivity index (χ0) is 32.5. The maximum absolute atomic E-state index is 14.0. The van der Waals surface area contributed by atoms with Gasteiger partial charge in [-0.2, -0.15) is 8.42 Å². The van der Waals surface area contributed by atoms with Gasteiger partial charge in [-0.25, -0.2) is 19.5 Å². The van der Waals surface area contributed by atoms with Crippen LogP contribution in [0.25, 0.3) is 0 Å². The molecule has 252 valence electrons. The molecular weight excluding hydrogens is 614 g/mol. The third-order valence-electron chi connectivity index (χ3n) is 12.2. The van der Waals surface area contributed by atoms with Gasteiger partial charge in [-0.1, -0.05) is 12.5 Å². The second-order valence-corrected chi connectivity index (χ2v) is 17.3. The molecule has 5 fully saturated rings. The Morgan fingerprint density at radius 2 is 1.79 bits per heavy atom. The Labute approximate surface area is 277 Å². The molecule has 6 aliphatic rings. The van der Waals surface area contributed by atoms with E-state index < -0.39 is 15.9 Å². The van der Waals surface area contributed by atoms with Crippen LogP contribution in [0.4, 0.5) is 22.2 Å². The van der Waals surface area contributed by atoms with Crippen LogP contribution < -0.4 is 19.8 Å². The Bertz CT molecular complexity index is 1680. The van der Waals surface area contributed by atoms with Gasteiger partial charge < -0.3 is 15.1 Å². The molecule has 2 aromatic heterocycles. The highest BCUT2D eigenvalue weighted by Gasteiger charge is 2.47. The fraction of sp³-hybridized carbons (Fsp3) is 0.657. The lowest BCUT2D eigenvalue weighted by Crippen LogP contribution is -2.46. The molecular formula is C35H47N7O4S. The fourth-order valence-electron chi connectivity index (χ4n) is 10.2. The lowest BCUT2D eigenvalue weighted by Gasteiger charge is -2.52. The van der Waals surface area contributed by atoms with Gasteiger partial charge in [0.2, 0.25) is 0 Å². The van der Waals surface area contributed by atoms with Gasteiger partial charge in [-0.15, -0.1) is 0 Å². The number of aromatic nitrogens is 2. The summed E-state index contributed by atoms with van der Waals surface area (Å²) in [6, 6.07) is 8.02. The summed E-state index contributed by atoms with van der Waals surface area (Å²) in [5.41, 5.74) is -0.150. The molecule has 0 radical (unpaired) electrons. The number of nitrogens with one attached hydrogen (secondary N) is 2. The van der Waals surface area contributed by atoms with Crippen molar-refractivity contribution in [3.8, 4) is 0 Å². The third-order valence-corrected chi connectivity index (χ3v) is 13.4. The van der Waals surface area contributed by atoms with Crippen molar-refractivity contribution in [2.45, 2.75) is 82.2 Å². The number of carbonyl (C=O) groups excluding carboxylic acids is 2. The molecule has 5 heterocycles. The minimum Gasteiger partial charge on any atom is -0.370 e. The molecule has 2 aromatic rings. The van der Waals surface area contributed by atoms with Gasteiger partial charge in [-0.3, -0.25) is 9.69 Å². The van der Waals surface area contributed by atoms with E-state index in [9.17, 15) is 18.0 Å². The average Bonchev–Trinajstić information content (AvgIpc) is 3.55. The van der Waals surface area contributed by atoms with Crippen LogP contribution in [0, 0.1) is 35.5 Å². The number of hydrogen-bond donors (Lipinski definition) is 2. The lowest BCUT2D eigenvalue weighted by molar-refractivity contribution is -0.0175. The Morgan fingerprint density at radius 3 is 2.66 bits per heavy atom. The van der Waals surface area contributed by atoms with Gasteiger partial charge in [-0.05, 0) is 125 Å². The van der Waals surface area contributed by atoms with E-state index in [4.69, 9.17) is 4.98 Å². The molecule has 7 bridgehead atoms. The van der Waals surface area contributed by atoms with Crippen LogP contribution in [0.3, 0.4) is 0 Å². The molecule has 6 atom stereocenters. The highest BCUT2D eigenvalue weighted by molar-refractivity contribution is 7.90. The summed E-state index contributed by atoms with van der Waals surface area (Å²) in [6.07, 6.45) is 10.8. The summed E-state index contributed by atoms with van der Waals surface area (Å²) in [5.74, 6) is 4.90. The lowest BCUT2D eigenvalue weighted by atomic mass is 9.54. The maximum Gasteiger partial charge on any atom is 0.325 e. The first-order valence-corrected chi connectivity index (χ1v) is 19.2. The van der Waals surface area contributed by atoms with E-state index in [2.05, 4.69) is 33.8 Å². The van der Waals surface area contributed by atoms with E-state index in [1.165, 1.54) is 44.6 Å². The van der Waals surface area contributed by atoms with Crippen LogP contribution in [0.15, 0.2) is 35.4 Å². The van der Waals surface area contributed by atoms with E-state index in [0.29, 0.717) is 55.5 Å². The van der Waals surface area contributed by atoms with Crippen molar-refractivity contribution in [2.24, 2.45) is 35.5 Å². The Morgan fingerprint density at radius 1 is 0.936 bits per heavy atom. The van der Waals surface area contributed by atoms with Gasteiger partial charge in [0, 0.05) is 38.3 Å². The fourth-order valence-corrected chi connectivity index (χ4v) is 11.1. The number of fused-ring (bicyclic) bond motifs is 8. The van der Waals surface area contributed by atoms with Crippen LogP contribution in [0.1, 0.15) is 82.0 Å². The molecule has 3 aliphatic heterocycles. The molecule has 2 saturated heterocycles. The summed E-state index contributed by atoms with van der Waals surface area (Å²) in [7, 11) is -4.25. The molecule has 8 rings (SSSR count). The van der Waals surface area contributed by atoms with Crippen molar-refractivity contribution in [3.63, 3.8) is 0 Å². The van der Waals surface area contributed by atoms with Gasteiger partial charge in [0.1, 0.15) is 17.5 Å². The summed E-state index contributed by atoms with van der Waals surface area (Å²) < 4.78 is 28.9.